The second-order valence-electron chi connectivity index (χ2n) is 9.04. The van der Waals surface area contributed by atoms with Crippen LogP contribution in [0.15, 0.2) is 41.4 Å². The van der Waals surface area contributed by atoms with Crippen LogP contribution in [0.3, 0.4) is 0 Å². The van der Waals surface area contributed by atoms with Crippen molar-refractivity contribution in [3.05, 3.63) is 69.8 Å². The third kappa shape index (κ3) is 6.30. The third-order valence-electron chi connectivity index (χ3n) is 5.45. The molecular weight excluding hydrogens is 434 g/mol. The van der Waals surface area contributed by atoms with Crippen molar-refractivity contribution in [1.82, 2.24) is 0 Å². The van der Waals surface area contributed by atoms with E-state index in [4.69, 9.17) is 17.6 Å². The maximum absolute atomic E-state index is 5.96. The van der Waals surface area contributed by atoms with E-state index in [0.29, 0.717) is 17.8 Å². The second kappa shape index (κ2) is 11.3. The minimum absolute atomic E-state index is 0. The number of allylic oxidation sites excluding steroid dienone is 1. The fourth-order valence-corrected chi connectivity index (χ4v) is 4.10. The molecule has 0 radical (unpaired) electrons. The summed E-state index contributed by atoms with van der Waals surface area (Å²) in [6.07, 6.45) is 2.07. The van der Waals surface area contributed by atoms with Crippen LogP contribution in [-0.2, 0) is 29.7 Å². The van der Waals surface area contributed by atoms with E-state index in [1.807, 2.05) is 6.92 Å². The van der Waals surface area contributed by atoms with Gasteiger partial charge in [-0.3, -0.25) is 4.99 Å². The third-order valence-corrected chi connectivity index (χ3v) is 5.77. The predicted molar refractivity (Wildman–Crippen MR) is 133 cm³/mol. The Kier molecular flexibility index (Phi) is 10.0. The van der Waals surface area contributed by atoms with Gasteiger partial charge in [-0.25, -0.2) is 0 Å². The SMILES string of the molecule is CC(/C=C(\[S-])c1c(C(C)C)cc(C(C)C)cc1C(C)C)=Nc1c(C)cccc1C.[Cu+]. The number of aliphatic imine (C=N–C) groups is 1. The molecule has 2 rings (SSSR count). The van der Waals surface area contributed by atoms with Gasteiger partial charge in [0.25, 0.3) is 0 Å². The van der Waals surface area contributed by atoms with Crippen molar-refractivity contribution in [3.8, 4) is 0 Å². The molecule has 0 heterocycles. The van der Waals surface area contributed by atoms with E-state index >= 15 is 0 Å². The van der Waals surface area contributed by atoms with Crippen LogP contribution in [0.1, 0.15) is 99.6 Å². The maximum atomic E-state index is 5.96. The average Bonchev–Trinajstić information content (AvgIpc) is 2.63. The van der Waals surface area contributed by atoms with Gasteiger partial charge in [0.2, 0.25) is 0 Å². The molecule has 0 spiro atoms. The monoisotopic (exact) mass is 469 g/mol. The molecule has 0 bridgehead atoms. The number of hydrogen-bond donors (Lipinski definition) is 0. The average molecular weight is 470 g/mol. The summed E-state index contributed by atoms with van der Waals surface area (Å²) in [6.45, 7) is 19.8. The Labute approximate surface area is 200 Å². The van der Waals surface area contributed by atoms with E-state index in [0.717, 1.165) is 16.3 Å². The molecule has 0 aliphatic rings. The van der Waals surface area contributed by atoms with Crippen LogP contribution in [0, 0.1) is 13.8 Å². The number of hydrogen-bond acceptors (Lipinski definition) is 2. The topological polar surface area (TPSA) is 12.4 Å². The largest absolute Gasteiger partial charge is 1.00 e. The molecule has 0 fully saturated rings. The van der Waals surface area contributed by atoms with Crippen LogP contribution in [0.5, 0.6) is 0 Å². The molecule has 1 nitrogen and oxygen atoms in total. The number of nitrogens with zero attached hydrogens (tertiary/aromatic N) is 1. The van der Waals surface area contributed by atoms with E-state index in [9.17, 15) is 0 Å². The summed E-state index contributed by atoms with van der Waals surface area (Å²) in [5.74, 6) is 1.34. The molecule has 0 saturated carbocycles. The number of rotatable bonds is 6. The van der Waals surface area contributed by atoms with Crippen molar-refractivity contribution >= 4 is 28.9 Å². The van der Waals surface area contributed by atoms with Gasteiger partial charge >= 0.3 is 17.1 Å². The first-order valence-electron chi connectivity index (χ1n) is 10.7. The van der Waals surface area contributed by atoms with Crippen molar-refractivity contribution in [1.29, 1.82) is 0 Å². The van der Waals surface area contributed by atoms with E-state index in [1.54, 1.807) is 0 Å². The van der Waals surface area contributed by atoms with Gasteiger partial charge in [-0.05, 0) is 71.9 Å². The summed E-state index contributed by atoms with van der Waals surface area (Å²) in [6, 6.07) is 11.0. The van der Waals surface area contributed by atoms with E-state index in [1.165, 1.54) is 33.4 Å². The zero-order chi connectivity index (χ0) is 21.9. The molecule has 30 heavy (non-hydrogen) atoms. The molecule has 0 aromatic heterocycles. The van der Waals surface area contributed by atoms with Gasteiger partial charge in [-0.2, -0.15) is 4.91 Å². The van der Waals surface area contributed by atoms with E-state index in [2.05, 4.69) is 91.8 Å². The molecule has 0 unspecified atom stereocenters. The Balaban J connectivity index is 0.00000450. The first-order chi connectivity index (χ1) is 13.5. The van der Waals surface area contributed by atoms with Crippen molar-refractivity contribution in [2.75, 3.05) is 0 Å². The van der Waals surface area contributed by atoms with Crippen LogP contribution in [0.4, 0.5) is 5.69 Å². The predicted octanol–water partition coefficient (Wildman–Crippen LogP) is 8.35. The zero-order valence-electron chi connectivity index (χ0n) is 19.9. The molecule has 0 saturated heterocycles. The molecule has 2 aromatic carbocycles. The Morgan fingerprint density at radius 1 is 0.867 bits per heavy atom. The fraction of sp³-hybridized carbons (Fsp3) is 0.444. The summed E-state index contributed by atoms with van der Waals surface area (Å²) in [5.41, 5.74) is 9.70. The quantitative estimate of drug-likeness (QED) is 0.235. The fourth-order valence-electron chi connectivity index (χ4n) is 3.69. The molecule has 2 aromatic rings. The number of benzene rings is 2. The molecule has 0 N–H and O–H groups in total. The molecule has 166 valence electrons. The van der Waals surface area contributed by atoms with Gasteiger partial charge in [-0.1, -0.05) is 78.0 Å². The summed E-state index contributed by atoms with van der Waals surface area (Å²) in [4.78, 5) is 5.78. The molecule has 0 aliphatic carbocycles. The van der Waals surface area contributed by atoms with Crippen LogP contribution >= 0.6 is 0 Å². The number of aryl methyl sites for hydroxylation is 2. The first-order valence-corrected chi connectivity index (χ1v) is 11.1. The Morgan fingerprint density at radius 2 is 1.33 bits per heavy atom. The summed E-state index contributed by atoms with van der Waals surface area (Å²) < 4.78 is 0. The van der Waals surface area contributed by atoms with Crippen LogP contribution in [0.25, 0.3) is 4.91 Å². The Bertz CT molecular complexity index is 887. The maximum Gasteiger partial charge on any atom is 1.00 e. The van der Waals surface area contributed by atoms with Crippen molar-refractivity contribution < 1.29 is 17.1 Å². The molecule has 0 amide bonds. The van der Waals surface area contributed by atoms with Crippen LogP contribution < -0.4 is 0 Å². The van der Waals surface area contributed by atoms with Gasteiger partial charge in [0.15, 0.2) is 0 Å². The zero-order valence-corrected chi connectivity index (χ0v) is 21.6. The molecule has 3 heteroatoms. The van der Waals surface area contributed by atoms with E-state index in [-0.39, 0.29) is 17.1 Å². The Morgan fingerprint density at radius 3 is 1.73 bits per heavy atom. The van der Waals surface area contributed by atoms with Crippen molar-refractivity contribution in [3.63, 3.8) is 0 Å². The minimum Gasteiger partial charge on any atom is -0.779 e. The van der Waals surface area contributed by atoms with E-state index < -0.39 is 0 Å². The van der Waals surface area contributed by atoms with Crippen molar-refractivity contribution in [2.24, 2.45) is 4.99 Å². The molecular formula is C27H36CuNS. The van der Waals surface area contributed by atoms with Gasteiger partial charge < -0.3 is 12.6 Å². The van der Waals surface area contributed by atoms with Crippen molar-refractivity contribution in [2.45, 2.75) is 80.1 Å². The standard InChI is InChI=1S/C27H37NS.Cu/c1-16(2)22-14-23(17(3)4)26(24(15-22)18(5)6)25(29)13-21(9)28-27-19(7)11-10-12-20(27)8;/h10-18,29H,1-9H3;/q;+1/p-1/b25-13-,28-21?;. The summed E-state index contributed by atoms with van der Waals surface area (Å²) >= 11 is 5.96. The van der Waals surface area contributed by atoms with Gasteiger partial charge in [0.1, 0.15) is 0 Å². The van der Waals surface area contributed by atoms with Crippen LogP contribution in [-0.4, -0.2) is 5.71 Å². The second-order valence-corrected chi connectivity index (χ2v) is 9.48. The first kappa shape index (κ1) is 26.6. The smallest absolute Gasteiger partial charge is 0.779 e. The number of para-hydroxylation sites is 1. The summed E-state index contributed by atoms with van der Waals surface area (Å²) in [5, 5.41) is 0. The Hall–Kier alpha value is -1.41. The van der Waals surface area contributed by atoms with Gasteiger partial charge in [0.05, 0.1) is 5.69 Å². The van der Waals surface area contributed by atoms with Gasteiger partial charge in [0, 0.05) is 5.71 Å². The summed E-state index contributed by atoms with van der Waals surface area (Å²) in [7, 11) is 0. The normalized spacial score (nSPS) is 12.7. The van der Waals surface area contributed by atoms with Gasteiger partial charge in [-0.15, -0.1) is 0 Å². The minimum atomic E-state index is 0. The molecule has 0 aliphatic heterocycles. The van der Waals surface area contributed by atoms with Crippen LogP contribution in [0.2, 0.25) is 0 Å². The molecule has 0 atom stereocenters.